The SMILES string of the molecule is CCC(C)NC(=O)C(C)N1CCOC(CNC)C1. The van der Waals surface area contributed by atoms with Crippen LogP contribution in [-0.4, -0.2) is 62.3 Å². The average Bonchev–Trinajstić information content (AvgIpc) is 2.38. The molecule has 0 aliphatic carbocycles. The number of morpholine rings is 1. The minimum Gasteiger partial charge on any atom is -0.374 e. The summed E-state index contributed by atoms with van der Waals surface area (Å²) >= 11 is 0. The van der Waals surface area contributed by atoms with Crippen molar-refractivity contribution >= 4 is 5.91 Å². The molecule has 1 saturated heterocycles. The van der Waals surface area contributed by atoms with Crippen LogP contribution in [0.15, 0.2) is 0 Å². The number of ether oxygens (including phenoxy) is 1. The Kier molecular flexibility index (Phi) is 6.60. The van der Waals surface area contributed by atoms with Crippen LogP contribution < -0.4 is 10.6 Å². The van der Waals surface area contributed by atoms with Crippen LogP contribution in [0.2, 0.25) is 0 Å². The van der Waals surface area contributed by atoms with E-state index in [1.165, 1.54) is 0 Å². The lowest BCUT2D eigenvalue weighted by molar-refractivity contribution is -0.129. The zero-order valence-corrected chi connectivity index (χ0v) is 12.0. The van der Waals surface area contributed by atoms with Gasteiger partial charge in [-0.25, -0.2) is 0 Å². The fourth-order valence-electron chi connectivity index (χ4n) is 2.08. The molecule has 1 amide bonds. The minimum atomic E-state index is -0.0812. The summed E-state index contributed by atoms with van der Waals surface area (Å²) in [6.07, 6.45) is 1.15. The van der Waals surface area contributed by atoms with E-state index < -0.39 is 0 Å². The summed E-state index contributed by atoms with van der Waals surface area (Å²) in [7, 11) is 1.92. The van der Waals surface area contributed by atoms with Crippen LogP contribution in [0.25, 0.3) is 0 Å². The van der Waals surface area contributed by atoms with Crippen LogP contribution in [0, 0.1) is 0 Å². The van der Waals surface area contributed by atoms with Crippen molar-refractivity contribution in [1.82, 2.24) is 15.5 Å². The fourth-order valence-corrected chi connectivity index (χ4v) is 2.08. The zero-order chi connectivity index (χ0) is 13.5. The summed E-state index contributed by atoms with van der Waals surface area (Å²) in [5.41, 5.74) is 0. The highest BCUT2D eigenvalue weighted by Gasteiger charge is 2.27. The second-order valence-electron chi connectivity index (χ2n) is 5.04. The number of nitrogens with zero attached hydrogens (tertiary/aromatic N) is 1. The molecule has 18 heavy (non-hydrogen) atoms. The highest BCUT2D eigenvalue weighted by Crippen LogP contribution is 2.09. The third-order valence-corrected chi connectivity index (χ3v) is 3.53. The van der Waals surface area contributed by atoms with Crippen LogP contribution in [0.1, 0.15) is 27.2 Å². The summed E-state index contributed by atoms with van der Waals surface area (Å²) in [5.74, 6) is 0.120. The van der Waals surface area contributed by atoms with Gasteiger partial charge in [0.05, 0.1) is 18.8 Å². The molecular formula is C13H27N3O2. The normalized spacial score (nSPS) is 24.6. The highest BCUT2D eigenvalue weighted by molar-refractivity contribution is 5.81. The predicted molar refractivity (Wildman–Crippen MR) is 72.6 cm³/mol. The Morgan fingerprint density at radius 1 is 1.50 bits per heavy atom. The Morgan fingerprint density at radius 2 is 2.22 bits per heavy atom. The standard InChI is InChI=1S/C13H27N3O2/c1-5-10(2)15-13(17)11(3)16-6-7-18-12(9-16)8-14-4/h10-12,14H,5-9H2,1-4H3,(H,15,17). The van der Waals surface area contributed by atoms with Gasteiger partial charge >= 0.3 is 0 Å². The number of carbonyl (C=O) groups excluding carboxylic acids is 1. The van der Waals surface area contributed by atoms with E-state index in [1.54, 1.807) is 0 Å². The quantitative estimate of drug-likeness (QED) is 0.714. The molecule has 1 aliphatic rings. The number of carbonyl (C=O) groups is 1. The molecule has 1 aliphatic heterocycles. The topological polar surface area (TPSA) is 53.6 Å². The zero-order valence-electron chi connectivity index (χ0n) is 12.0. The van der Waals surface area contributed by atoms with E-state index in [4.69, 9.17) is 4.74 Å². The summed E-state index contributed by atoms with van der Waals surface area (Å²) in [5, 5.41) is 6.15. The number of amides is 1. The summed E-state index contributed by atoms with van der Waals surface area (Å²) < 4.78 is 5.64. The van der Waals surface area contributed by atoms with Crippen molar-refractivity contribution in [2.75, 3.05) is 33.3 Å². The molecule has 0 saturated carbocycles. The van der Waals surface area contributed by atoms with Gasteiger partial charge in [0.25, 0.3) is 0 Å². The second-order valence-corrected chi connectivity index (χ2v) is 5.04. The van der Waals surface area contributed by atoms with Crippen molar-refractivity contribution in [1.29, 1.82) is 0 Å². The van der Waals surface area contributed by atoms with E-state index >= 15 is 0 Å². The molecule has 106 valence electrons. The Morgan fingerprint density at radius 3 is 2.83 bits per heavy atom. The molecule has 5 heteroatoms. The lowest BCUT2D eigenvalue weighted by Crippen LogP contribution is -2.54. The third-order valence-electron chi connectivity index (χ3n) is 3.53. The first-order valence-corrected chi connectivity index (χ1v) is 6.89. The van der Waals surface area contributed by atoms with Crippen molar-refractivity contribution in [3.8, 4) is 0 Å². The van der Waals surface area contributed by atoms with Crippen molar-refractivity contribution < 1.29 is 9.53 Å². The highest BCUT2D eigenvalue weighted by atomic mass is 16.5. The van der Waals surface area contributed by atoms with Crippen molar-refractivity contribution in [2.24, 2.45) is 0 Å². The van der Waals surface area contributed by atoms with Gasteiger partial charge in [0.1, 0.15) is 0 Å². The number of hydrogen-bond donors (Lipinski definition) is 2. The Labute approximate surface area is 110 Å². The maximum atomic E-state index is 12.1. The molecule has 3 atom stereocenters. The van der Waals surface area contributed by atoms with Crippen LogP contribution in [0.5, 0.6) is 0 Å². The Balaban J connectivity index is 2.44. The molecule has 0 spiro atoms. The molecule has 2 N–H and O–H groups in total. The minimum absolute atomic E-state index is 0.0812. The molecule has 1 rings (SSSR count). The third kappa shape index (κ3) is 4.55. The molecule has 0 radical (unpaired) electrons. The smallest absolute Gasteiger partial charge is 0.237 e. The van der Waals surface area contributed by atoms with Crippen molar-refractivity contribution in [3.05, 3.63) is 0 Å². The van der Waals surface area contributed by atoms with Crippen molar-refractivity contribution in [3.63, 3.8) is 0 Å². The molecule has 0 aromatic rings. The van der Waals surface area contributed by atoms with Gasteiger partial charge < -0.3 is 15.4 Å². The number of likely N-dealkylation sites (N-methyl/N-ethyl adjacent to an activating group) is 1. The predicted octanol–water partition coefficient (Wildman–Crippen LogP) is 0.210. The Hall–Kier alpha value is -0.650. The van der Waals surface area contributed by atoms with Crippen LogP contribution >= 0.6 is 0 Å². The molecule has 5 nitrogen and oxygen atoms in total. The van der Waals surface area contributed by atoms with E-state index in [2.05, 4.69) is 22.5 Å². The number of rotatable bonds is 6. The van der Waals surface area contributed by atoms with Gasteiger partial charge in [-0.1, -0.05) is 6.92 Å². The summed E-state index contributed by atoms with van der Waals surface area (Å²) in [6, 6.07) is 0.163. The largest absolute Gasteiger partial charge is 0.374 e. The van der Waals surface area contributed by atoms with Gasteiger partial charge in [0.2, 0.25) is 5.91 Å². The molecule has 0 bridgehead atoms. The van der Waals surface area contributed by atoms with Crippen LogP contribution in [-0.2, 0) is 9.53 Å². The van der Waals surface area contributed by atoms with Crippen molar-refractivity contribution in [2.45, 2.75) is 45.4 Å². The Bertz CT molecular complexity index is 259. The maximum Gasteiger partial charge on any atom is 0.237 e. The van der Waals surface area contributed by atoms with E-state index in [0.29, 0.717) is 6.61 Å². The van der Waals surface area contributed by atoms with Crippen LogP contribution in [0.4, 0.5) is 0 Å². The van der Waals surface area contributed by atoms with E-state index in [0.717, 1.165) is 26.1 Å². The summed E-state index contributed by atoms with van der Waals surface area (Å²) in [4.78, 5) is 14.3. The summed E-state index contributed by atoms with van der Waals surface area (Å²) in [6.45, 7) is 9.26. The monoisotopic (exact) mass is 257 g/mol. The van der Waals surface area contributed by atoms with Gasteiger partial charge in [-0.2, -0.15) is 0 Å². The first kappa shape index (κ1) is 15.4. The van der Waals surface area contributed by atoms with Gasteiger partial charge in [0, 0.05) is 25.7 Å². The average molecular weight is 257 g/mol. The molecule has 0 aromatic carbocycles. The second kappa shape index (κ2) is 7.71. The van der Waals surface area contributed by atoms with Gasteiger partial charge in [-0.3, -0.25) is 9.69 Å². The lowest BCUT2D eigenvalue weighted by Gasteiger charge is -2.36. The molecule has 3 unspecified atom stereocenters. The van der Waals surface area contributed by atoms with Gasteiger partial charge in [0.15, 0.2) is 0 Å². The molecule has 1 fully saturated rings. The van der Waals surface area contributed by atoms with Crippen LogP contribution in [0.3, 0.4) is 0 Å². The van der Waals surface area contributed by atoms with E-state index in [1.807, 2.05) is 20.9 Å². The first-order valence-electron chi connectivity index (χ1n) is 6.89. The first-order chi connectivity index (χ1) is 8.58. The van der Waals surface area contributed by atoms with Gasteiger partial charge in [-0.15, -0.1) is 0 Å². The fraction of sp³-hybridized carbons (Fsp3) is 0.923. The van der Waals surface area contributed by atoms with Gasteiger partial charge in [-0.05, 0) is 27.3 Å². The van der Waals surface area contributed by atoms with E-state index in [-0.39, 0.29) is 24.1 Å². The lowest BCUT2D eigenvalue weighted by atomic mass is 10.1. The molecule has 1 heterocycles. The molecule has 0 aromatic heterocycles. The molecular weight excluding hydrogens is 230 g/mol. The maximum absolute atomic E-state index is 12.1. The number of nitrogens with one attached hydrogen (secondary N) is 2. The van der Waals surface area contributed by atoms with E-state index in [9.17, 15) is 4.79 Å². The number of hydrogen-bond acceptors (Lipinski definition) is 4.